The van der Waals surface area contributed by atoms with E-state index in [0.717, 1.165) is 22.0 Å². The van der Waals surface area contributed by atoms with E-state index < -0.39 is 0 Å². The van der Waals surface area contributed by atoms with Gasteiger partial charge in [0.2, 0.25) is 0 Å². The summed E-state index contributed by atoms with van der Waals surface area (Å²) in [5.41, 5.74) is 8.00. The van der Waals surface area contributed by atoms with Crippen LogP contribution in [-0.2, 0) is 5.41 Å². The number of carbonyl (C=O) groups excluding carboxylic acids is 1. The van der Waals surface area contributed by atoms with Crippen molar-refractivity contribution in [2.75, 3.05) is 0 Å². The fourth-order valence-corrected chi connectivity index (χ4v) is 4.71. The maximum Gasteiger partial charge on any atom is 0.163 e. The second-order valence-electron chi connectivity index (χ2n) is 6.60. The fraction of sp³-hybridized carbons (Fsp3) is 0.500. The Bertz CT molecular complexity index is 644. The second kappa shape index (κ2) is 4.56. The number of ketones is 1. The van der Waals surface area contributed by atoms with E-state index in [2.05, 4.69) is 49.7 Å². The molecule has 20 heavy (non-hydrogen) atoms. The number of rotatable bonds is 3. The van der Waals surface area contributed by atoms with Gasteiger partial charge in [-0.05, 0) is 61.4 Å². The zero-order valence-corrected chi connectivity index (χ0v) is 14.3. The molecule has 1 fully saturated rings. The van der Waals surface area contributed by atoms with Crippen LogP contribution in [0.3, 0.4) is 0 Å². The lowest BCUT2D eigenvalue weighted by Crippen LogP contribution is -2.38. The largest absolute Gasteiger partial charge is 0.294 e. The van der Waals surface area contributed by atoms with Gasteiger partial charge in [-0.1, -0.05) is 35.4 Å². The summed E-state index contributed by atoms with van der Waals surface area (Å²) in [5.74, 6) is 0.274. The molecular formula is C18H21BrO. The summed E-state index contributed by atoms with van der Waals surface area (Å²) in [4.78, 5) is 12.3. The molecule has 0 spiro atoms. The molecule has 2 heteroatoms. The predicted octanol–water partition coefficient (Wildman–Crippen LogP) is 5.58. The van der Waals surface area contributed by atoms with E-state index in [9.17, 15) is 4.79 Å². The molecule has 3 aliphatic rings. The second-order valence-corrected chi connectivity index (χ2v) is 7.39. The summed E-state index contributed by atoms with van der Waals surface area (Å²) in [6.07, 6.45) is 3.92. The Morgan fingerprint density at radius 1 is 1.35 bits per heavy atom. The average molecular weight is 333 g/mol. The van der Waals surface area contributed by atoms with Gasteiger partial charge in [0, 0.05) is 21.9 Å². The summed E-state index contributed by atoms with van der Waals surface area (Å²) in [6, 6.07) is 2.15. The number of carbonyl (C=O) groups is 1. The summed E-state index contributed by atoms with van der Waals surface area (Å²) < 4.78 is 1.16. The van der Waals surface area contributed by atoms with Crippen LogP contribution in [0.4, 0.5) is 0 Å². The highest BCUT2D eigenvalue weighted by Gasteiger charge is 2.46. The van der Waals surface area contributed by atoms with E-state index in [1.165, 1.54) is 29.5 Å². The normalized spacial score (nSPS) is 18.6. The van der Waals surface area contributed by atoms with Crippen molar-refractivity contribution < 1.29 is 4.79 Å². The summed E-state index contributed by atoms with van der Waals surface area (Å²) in [5, 5.41) is 0. The number of benzene rings is 1. The molecule has 0 saturated heterocycles. The van der Waals surface area contributed by atoms with Crippen molar-refractivity contribution in [2.24, 2.45) is 0 Å². The molecule has 0 radical (unpaired) electrons. The van der Waals surface area contributed by atoms with Gasteiger partial charge in [-0.25, -0.2) is 0 Å². The molecule has 106 valence electrons. The maximum atomic E-state index is 12.3. The van der Waals surface area contributed by atoms with Crippen LogP contribution >= 0.6 is 15.9 Å². The molecule has 0 unspecified atom stereocenters. The molecule has 0 amide bonds. The number of hydrogen-bond donors (Lipinski definition) is 0. The minimum absolute atomic E-state index is 0.274. The molecule has 0 atom stereocenters. The summed E-state index contributed by atoms with van der Waals surface area (Å²) >= 11 is 3.79. The van der Waals surface area contributed by atoms with Gasteiger partial charge in [-0.15, -0.1) is 0 Å². The zero-order valence-electron chi connectivity index (χ0n) is 12.7. The topological polar surface area (TPSA) is 17.1 Å². The first-order valence-corrected chi connectivity index (χ1v) is 8.24. The Hall–Kier alpha value is -0.890. The maximum absolute atomic E-state index is 12.3. The molecule has 4 rings (SSSR count). The summed E-state index contributed by atoms with van der Waals surface area (Å²) in [6.45, 7) is 8.69. The van der Waals surface area contributed by atoms with E-state index >= 15 is 0 Å². The van der Waals surface area contributed by atoms with Gasteiger partial charge in [0.05, 0.1) is 0 Å². The van der Waals surface area contributed by atoms with E-state index in [-0.39, 0.29) is 11.2 Å². The number of halogens is 1. The quantitative estimate of drug-likeness (QED) is 0.660. The van der Waals surface area contributed by atoms with Crippen molar-refractivity contribution >= 4 is 27.3 Å². The molecular weight excluding hydrogens is 312 g/mol. The van der Waals surface area contributed by atoms with Crippen LogP contribution in [0.25, 0.3) is 5.57 Å². The molecule has 1 nitrogen and oxygen atoms in total. The van der Waals surface area contributed by atoms with Gasteiger partial charge in [-0.3, -0.25) is 4.79 Å². The minimum Gasteiger partial charge on any atom is -0.294 e. The Morgan fingerprint density at radius 3 is 2.60 bits per heavy atom. The molecule has 2 bridgehead atoms. The van der Waals surface area contributed by atoms with Crippen LogP contribution in [-0.4, -0.2) is 5.78 Å². The third-order valence-electron chi connectivity index (χ3n) is 5.03. The van der Waals surface area contributed by atoms with Gasteiger partial charge < -0.3 is 0 Å². The molecule has 0 N–H and O–H groups in total. The smallest absolute Gasteiger partial charge is 0.163 e. The first-order chi connectivity index (χ1) is 9.39. The Kier molecular flexibility index (Phi) is 3.20. The predicted molar refractivity (Wildman–Crippen MR) is 87.3 cm³/mol. The highest BCUT2D eigenvalue weighted by Crippen LogP contribution is 2.58. The van der Waals surface area contributed by atoms with Gasteiger partial charge in [0.15, 0.2) is 5.78 Å². The van der Waals surface area contributed by atoms with Crippen molar-refractivity contribution in [2.45, 2.75) is 58.8 Å². The number of allylic oxidation sites excluding steroid dienone is 2. The van der Waals surface area contributed by atoms with Crippen molar-refractivity contribution in [1.82, 2.24) is 0 Å². The van der Waals surface area contributed by atoms with Crippen molar-refractivity contribution in [3.8, 4) is 0 Å². The van der Waals surface area contributed by atoms with Gasteiger partial charge in [0.25, 0.3) is 0 Å². The zero-order chi connectivity index (χ0) is 14.7. The molecule has 1 aromatic rings. The third-order valence-corrected chi connectivity index (χ3v) is 6.02. The fourth-order valence-electron chi connectivity index (χ4n) is 3.81. The standard InChI is InChI=1S/C18H21BrO/c1-5-6-15(20)13-7-14-10(2)12-8-18(4,9-12)16(14)17(19)11(13)3/h7H,5-6,8-9H2,1-4H3. The molecule has 3 aliphatic carbocycles. The Morgan fingerprint density at radius 2 is 2.00 bits per heavy atom. The van der Waals surface area contributed by atoms with Crippen LogP contribution in [0, 0.1) is 6.92 Å². The van der Waals surface area contributed by atoms with Crippen LogP contribution in [0.5, 0.6) is 0 Å². The lowest BCUT2D eigenvalue weighted by Gasteiger charge is -2.49. The van der Waals surface area contributed by atoms with E-state index in [0.29, 0.717) is 6.42 Å². The van der Waals surface area contributed by atoms with Crippen LogP contribution in [0.2, 0.25) is 0 Å². The minimum atomic E-state index is 0.274. The monoisotopic (exact) mass is 332 g/mol. The molecule has 1 saturated carbocycles. The highest BCUT2D eigenvalue weighted by molar-refractivity contribution is 9.10. The van der Waals surface area contributed by atoms with Gasteiger partial charge in [0.1, 0.15) is 0 Å². The Balaban J connectivity index is 2.22. The summed E-state index contributed by atoms with van der Waals surface area (Å²) in [7, 11) is 0. The van der Waals surface area contributed by atoms with Gasteiger partial charge in [-0.2, -0.15) is 0 Å². The van der Waals surface area contributed by atoms with Crippen molar-refractivity contribution in [3.63, 3.8) is 0 Å². The van der Waals surface area contributed by atoms with Crippen LogP contribution in [0.1, 0.15) is 73.5 Å². The molecule has 1 aromatic carbocycles. The lowest BCUT2D eigenvalue weighted by molar-refractivity contribution is 0.0981. The first kappa shape index (κ1) is 14.1. The SMILES string of the molecule is CCCC(=O)c1cc2c(c(Br)c1C)C1(C)CC(=C2C)C1. The molecule has 0 aromatic heterocycles. The van der Waals surface area contributed by atoms with Gasteiger partial charge >= 0.3 is 0 Å². The van der Waals surface area contributed by atoms with E-state index in [1.54, 1.807) is 5.57 Å². The average Bonchev–Trinajstić information content (AvgIpc) is 2.36. The molecule has 0 aliphatic heterocycles. The Labute approximate surface area is 129 Å². The number of Topliss-reactive ketones (excluding diaryl/α,β-unsaturated/α-hetero) is 1. The highest BCUT2D eigenvalue weighted by atomic mass is 79.9. The van der Waals surface area contributed by atoms with Crippen LogP contribution < -0.4 is 0 Å². The van der Waals surface area contributed by atoms with E-state index in [4.69, 9.17) is 0 Å². The van der Waals surface area contributed by atoms with Crippen molar-refractivity contribution in [3.05, 3.63) is 38.4 Å². The number of hydrogen-bond acceptors (Lipinski definition) is 1. The lowest BCUT2D eigenvalue weighted by atomic mass is 9.56. The molecule has 0 heterocycles. The van der Waals surface area contributed by atoms with Crippen molar-refractivity contribution in [1.29, 1.82) is 0 Å². The first-order valence-electron chi connectivity index (χ1n) is 7.45. The van der Waals surface area contributed by atoms with Crippen LogP contribution in [0.15, 0.2) is 16.1 Å². The van der Waals surface area contributed by atoms with E-state index in [1.807, 2.05) is 0 Å². The third kappa shape index (κ3) is 1.77.